The predicted octanol–water partition coefficient (Wildman–Crippen LogP) is 3.46. The first-order chi connectivity index (χ1) is 13.0. The zero-order valence-corrected chi connectivity index (χ0v) is 16.1. The highest BCUT2D eigenvalue weighted by molar-refractivity contribution is 6.32. The molecule has 0 bridgehead atoms. The van der Waals surface area contributed by atoms with Crippen molar-refractivity contribution in [1.29, 1.82) is 0 Å². The molecule has 2 N–H and O–H groups in total. The van der Waals surface area contributed by atoms with Crippen LogP contribution in [-0.4, -0.2) is 25.0 Å². The molecule has 0 saturated heterocycles. The maximum Gasteiger partial charge on any atom is 0.276 e. The lowest BCUT2D eigenvalue weighted by Crippen LogP contribution is -2.45. The number of rotatable bonds is 8. The fourth-order valence-electron chi connectivity index (χ4n) is 2.19. The molecule has 0 heterocycles. The number of nitrogens with one attached hydrogen (secondary N) is 2. The Labute approximate surface area is 163 Å². The van der Waals surface area contributed by atoms with E-state index in [9.17, 15) is 9.59 Å². The third-order valence-corrected chi connectivity index (χ3v) is 4.28. The summed E-state index contributed by atoms with van der Waals surface area (Å²) in [7, 11) is 0. The second kappa shape index (κ2) is 10.4. The molecule has 0 saturated carbocycles. The Morgan fingerprint density at radius 2 is 1.56 bits per heavy atom. The van der Waals surface area contributed by atoms with Crippen LogP contribution in [0.2, 0.25) is 5.02 Å². The number of benzene rings is 2. The zero-order chi connectivity index (χ0) is 19.6. The van der Waals surface area contributed by atoms with Crippen molar-refractivity contribution in [3.05, 3.63) is 59.1 Å². The third kappa shape index (κ3) is 6.83. The SMILES string of the molecule is CCC(C)c1ccc(OCC(=O)NNC(=O)COc2ccccc2Cl)cc1. The van der Waals surface area contributed by atoms with Gasteiger partial charge in [-0.3, -0.25) is 20.4 Å². The van der Waals surface area contributed by atoms with Crippen LogP contribution in [0.15, 0.2) is 48.5 Å². The molecular formula is C20H23ClN2O4. The first-order valence-electron chi connectivity index (χ1n) is 8.67. The van der Waals surface area contributed by atoms with Crippen molar-refractivity contribution in [2.45, 2.75) is 26.2 Å². The first kappa shape index (κ1) is 20.6. The van der Waals surface area contributed by atoms with Crippen molar-refractivity contribution >= 4 is 23.4 Å². The van der Waals surface area contributed by atoms with Crippen molar-refractivity contribution in [1.82, 2.24) is 10.9 Å². The number of amides is 2. The number of halogens is 1. The Morgan fingerprint density at radius 3 is 2.15 bits per heavy atom. The molecule has 2 rings (SSSR count). The number of hydrazine groups is 1. The molecular weight excluding hydrogens is 368 g/mol. The van der Waals surface area contributed by atoms with Gasteiger partial charge in [0.2, 0.25) is 0 Å². The standard InChI is InChI=1S/C20H23ClN2O4/c1-3-14(2)15-8-10-16(11-9-15)26-12-19(24)22-23-20(25)13-27-18-7-5-4-6-17(18)21/h4-11,14H,3,12-13H2,1-2H3,(H,22,24)(H,23,25). The van der Waals surface area contributed by atoms with Gasteiger partial charge in [0.15, 0.2) is 13.2 Å². The van der Waals surface area contributed by atoms with E-state index in [-0.39, 0.29) is 13.2 Å². The van der Waals surface area contributed by atoms with Crippen molar-refractivity contribution in [3.63, 3.8) is 0 Å². The maximum atomic E-state index is 11.8. The topological polar surface area (TPSA) is 76.7 Å². The van der Waals surface area contributed by atoms with E-state index >= 15 is 0 Å². The number of para-hydroxylation sites is 1. The van der Waals surface area contributed by atoms with Crippen LogP contribution in [0.4, 0.5) is 0 Å². The Morgan fingerprint density at radius 1 is 0.963 bits per heavy atom. The normalized spacial score (nSPS) is 11.4. The lowest BCUT2D eigenvalue weighted by atomic mass is 9.99. The zero-order valence-electron chi connectivity index (χ0n) is 15.3. The Bertz CT molecular complexity index is 765. The summed E-state index contributed by atoms with van der Waals surface area (Å²) in [6.07, 6.45) is 1.06. The van der Waals surface area contributed by atoms with Crippen molar-refractivity contribution < 1.29 is 19.1 Å². The van der Waals surface area contributed by atoms with E-state index in [2.05, 4.69) is 24.7 Å². The van der Waals surface area contributed by atoms with E-state index in [4.69, 9.17) is 21.1 Å². The van der Waals surface area contributed by atoms with Gasteiger partial charge in [0, 0.05) is 0 Å². The Kier molecular flexibility index (Phi) is 7.95. The molecule has 1 unspecified atom stereocenters. The van der Waals surface area contributed by atoms with Crippen LogP contribution in [0, 0.1) is 0 Å². The lowest BCUT2D eigenvalue weighted by Gasteiger charge is -2.11. The summed E-state index contributed by atoms with van der Waals surface area (Å²) < 4.78 is 10.7. The van der Waals surface area contributed by atoms with Crippen LogP contribution in [0.1, 0.15) is 31.7 Å². The monoisotopic (exact) mass is 390 g/mol. The summed E-state index contributed by atoms with van der Waals surface area (Å²) in [5.74, 6) is 0.467. The van der Waals surface area contributed by atoms with E-state index in [1.54, 1.807) is 24.3 Å². The molecule has 2 aromatic rings. The minimum atomic E-state index is -0.513. The van der Waals surface area contributed by atoms with Crippen molar-refractivity contribution in [3.8, 4) is 11.5 Å². The van der Waals surface area contributed by atoms with Crippen LogP contribution in [0.3, 0.4) is 0 Å². The molecule has 0 aliphatic carbocycles. The molecule has 0 aromatic heterocycles. The second-order valence-corrected chi connectivity index (χ2v) is 6.39. The Hall–Kier alpha value is -2.73. The maximum absolute atomic E-state index is 11.8. The third-order valence-electron chi connectivity index (χ3n) is 3.97. The number of hydrogen-bond acceptors (Lipinski definition) is 4. The van der Waals surface area contributed by atoms with Crippen LogP contribution in [0.25, 0.3) is 0 Å². The fraction of sp³-hybridized carbons (Fsp3) is 0.300. The molecule has 2 amide bonds. The molecule has 27 heavy (non-hydrogen) atoms. The van der Waals surface area contributed by atoms with Gasteiger partial charge in [-0.15, -0.1) is 0 Å². The summed E-state index contributed by atoms with van der Waals surface area (Å²) in [6.45, 7) is 3.80. The molecule has 2 aromatic carbocycles. The van der Waals surface area contributed by atoms with E-state index in [1.807, 2.05) is 24.3 Å². The van der Waals surface area contributed by atoms with Gasteiger partial charge in [-0.1, -0.05) is 49.7 Å². The van der Waals surface area contributed by atoms with Crippen LogP contribution >= 0.6 is 11.6 Å². The summed E-state index contributed by atoms with van der Waals surface area (Å²) >= 11 is 5.93. The molecule has 0 radical (unpaired) electrons. The minimum Gasteiger partial charge on any atom is -0.484 e. The minimum absolute atomic E-state index is 0.214. The van der Waals surface area contributed by atoms with Gasteiger partial charge < -0.3 is 9.47 Å². The fourth-order valence-corrected chi connectivity index (χ4v) is 2.38. The molecule has 144 valence electrons. The number of carbonyl (C=O) groups excluding carboxylic acids is 2. The van der Waals surface area contributed by atoms with E-state index < -0.39 is 11.8 Å². The molecule has 6 nitrogen and oxygen atoms in total. The highest BCUT2D eigenvalue weighted by Crippen LogP contribution is 2.23. The summed E-state index contributed by atoms with van der Waals surface area (Å²) in [6, 6.07) is 14.4. The van der Waals surface area contributed by atoms with Gasteiger partial charge in [-0.05, 0) is 42.2 Å². The smallest absolute Gasteiger partial charge is 0.276 e. The molecule has 7 heteroatoms. The number of ether oxygens (including phenoxy) is 2. The number of hydrogen-bond donors (Lipinski definition) is 2. The number of carbonyl (C=O) groups is 2. The highest BCUT2D eigenvalue weighted by atomic mass is 35.5. The van der Waals surface area contributed by atoms with Gasteiger partial charge >= 0.3 is 0 Å². The van der Waals surface area contributed by atoms with Gasteiger partial charge in [-0.2, -0.15) is 0 Å². The molecule has 0 fully saturated rings. The van der Waals surface area contributed by atoms with E-state index in [1.165, 1.54) is 5.56 Å². The molecule has 1 atom stereocenters. The van der Waals surface area contributed by atoms with Crippen LogP contribution < -0.4 is 20.3 Å². The highest BCUT2D eigenvalue weighted by Gasteiger charge is 2.08. The lowest BCUT2D eigenvalue weighted by molar-refractivity contribution is -0.131. The van der Waals surface area contributed by atoms with Gasteiger partial charge in [-0.25, -0.2) is 0 Å². The summed E-state index contributed by atoms with van der Waals surface area (Å²) in [5, 5.41) is 0.405. The van der Waals surface area contributed by atoms with Crippen LogP contribution in [0.5, 0.6) is 11.5 Å². The first-order valence-corrected chi connectivity index (χ1v) is 9.05. The van der Waals surface area contributed by atoms with Crippen molar-refractivity contribution in [2.75, 3.05) is 13.2 Å². The van der Waals surface area contributed by atoms with Gasteiger partial charge in [0.1, 0.15) is 11.5 Å². The van der Waals surface area contributed by atoms with Gasteiger partial charge in [0.05, 0.1) is 5.02 Å². The molecule has 0 spiro atoms. The second-order valence-electron chi connectivity index (χ2n) is 5.98. The predicted molar refractivity (Wildman–Crippen MR) is 104 cm³/mol. The molecule has 0 aliphatic rings. The molecule has 0 aliphatic heterocycles. The van der Waals surface area contributed by atoms with Crippen molar-refractivity contribution in [2.24, 2.45) is 0 Å². The van der Waals surface area contributed by atoms with Gasteiger partial charge in [0.25, 0.3) is 11.8 Å². The average molecular weight is 391 g/mol. The van der Waals surface area contributed by atoms with E-state index in [0.717, 1.165) is 6.42 Å². The summed E-state index contributed by atoms with van der Waals surface area (Å²) in [5.41, 5.74) is 5.74. The average Bonchev–Trinajstić information content (AvgIpc) is 2.69. The largest absolute Gasteiger partial charge is 0.484 e. The van der Waals surface area contributed by atoms with Crippen LogP contribution in [-0.2, 0) is 9.59 Å². The quantitative estimate of drug-likeness (QED) is 0.677. The van der Waals surface area contributed by atoms with E-state index in [0.29, 0.717) is 22.4 Å². The summed E-state index contributed by atoms with van der Waals surface area (Å²) in [4.78, 5) is 23.5. The Balaban J connectivity index is 1.68.